The van der Waals surface area contributed by atoms with E-state index in [1.807, 2.05) is 0 Å². The minimum Gasteiger partial charge on any atom is -0.311 e. The molecule has 74 heavy (non-hydrogen) atoms. The third-order valence-corrected chi connectivity index (χ3v) is 15.5. The third kappa shape index (κ3) is 7.58. The molecule has 2 aliphatic heterocycles. The van der Waals surface area contributed by atoms with Gasteiger partial charge < -0.3 is 9.80 Å². The van der Waals surface area contributed by atoms with E-state index in [0.29, 0.717) is 0 Å². The Bertz CT molecular complexity index is 3700. The second kappa shape index (κ2) is 18.3. The predicted molar refractivity (Wildman–Crippen MR) is 314 cm³/mol. The average Bonchev–Trinajstić information content (AvgIpc) is 3.48. The van der Waals surface area contributed by atoms with Gasteiger partial charge in [-0.1, -0.05) is 251 Å². The summed E-state index contributed by atoms with van der Waals surface area (Å²) in [5.41, 5.74) is 23.5. The van der Waals surface area contributed by atoms with Crippen molar-refractivity contribution in [3.8, 4) is 33.4 Å². The van der Waals surface area contributed by atoms with Crippen molar-refractivity contribution in [1.82, 2.24) is 0 Å². The molecule has 0 saturated carbocycles. The summed E-state index contributed by atoms with van der Waals surface area (Å²) < 4.78 is 0. The van der Waals surface area contributed by atoms with Crippen LogP contribution in [-0.2, 0) is 10.8 Å². The molecule has 0 saturated heterocycles. The zero-order chi connectivity index (χ0) is 49.8. The second-order valence-electron chi connectivity index (χ2n) is 20.9. The Morgan fingerprint density at radius 2 is 0.635 bits per heavy atom. The largest absolute Gasteiger partial charge is 0.311 e. The number of anilines is 6. The lowest BCUT2D eigenvalue weighted by Crippen LogP contribution is -2.61. The molecule has 11 aromatic rings. The van der Waals surface area contributed by atoms with Gasteiger partial charge in [0.15, 0.2) is 0 Å². The molecule has 0 spiro atoms. The lowest BCUT2D eigenvalue weighted by Gasteiger charge is -2.45. The highest BCUT2D eigenvalue weighted by atomic mass is 15.2. The van der Waals surface area contributed by atoms with E-state index in [2.05, 4.69) is 310 Å². The maximum atomic E-state index is 2.58. The summed E-state index contributed by atoms with van der Waals surface area (Å²) >= 11 is 0. The van der Waals surface area contributed by atoms with E-state index in [9.17, 15) is 0 Å². The van der Waals surface area contributed by atoms with E-state index in [1.54, 1.807) is 0 Å². The van der Waals surface area contributed by atoms with Crippen LogP contribution in [0.15, 0.2) is 279 Å². The first-order valence-corrected chi connectivity index (χ1v) is 25.9. The minimum absolute atomic E-state index is 0.0420. The molecule has 0 unspecified atom stereocenters. The molecule has 0 amide bonds. The molecule has 0 aliphatic carbocycles. The molecule has 11 aromatic carbocycles. The summed E-state index contributed by atoms with van der Waals surface area (Å²) in [6, 6.07) is 104. The number of fused-ring (bicyclic) bond motifs is 4. The van der Waals surface area contributed by atoms with Gasteiger partial charge >= 0.3 is 0 Å². The van der Waals surface area contributed by atoms with Crippen LogP contribution >= 0.6 is 0 Å². The number of hydrogen-bond acceptors (Lipinski definition) is 2. The highest BCUT2D eigenvalue weighted by Gasteiger charge is 2.45. The maximum absolute atomic E-state index is 2.58. The van der Waals surface area contributed by atoms with Crippen LogP contribution in [0.2, 0.25) is 0 Å². The van der Waals surface area contributed by atoms with E-state index < -0.39 is 5.41 Å². The fraction of sp³-hybridized carbons (Fsp3) is 0.0704. The van der Waals surface area contributed by atoms with Gasteiger partial charge in [-0.05, 0) is 132 Å². The summed E-state index contributed by atoms with van der Waals surface area (Å²) in [5.74, 6) is 0. The van der Waals surface area contributed by atoms with Gasteiger partial charge in [0.2, 0.25) is 0 Å². The van der Waals surface area contributed by atoms with Crippen molar-refractivity contribution in [2.24, 2.45) is 0 Å². The van der Waals surface area contributed by atoms with E-state index in [1.165, 1.54) is 100 Å². The zero-order valence-corrected chi connectivity index (χ0v) is 42.0. The molecule has 352 valence electrons. The summed E-state index contributed by atoms with van der Waals surface area (Å²) in [5, 5.41) is 0. The van der Waals surface area contributed by atoms with Crippen LogP contribution in [0.25, 0.3) is 33.4 Å². The summed E-state index contributed by atoms with van der Waals surface area (Å²) in [6.45, 7) is 7.01. The molecule has 0 N–H and O–H groups in total. The topological polar surface area (TPSA) is 6.48 Å². The first kappa shape index (κ1) is 45.0. The smallest absolute Gasteiger partial charge is 0.252 e. The number of hydrogen-bond donors (Lipinski definition) is 0. The number of nitrogens with zero attached hydrogens (tertiary/aromatic N) is 2. The van der Waals surface area contributed by atoms with Gasteiger partial charge in [-0.15, -0.1) is 0 Å². The molecule has 0 aromatic heterocycles. The zero-order valence-electron chi connectivity index (χ0n) is 42.0. The Hall–Kier alpha value is -8.92. The standard InChI is InChI=1S/C71H55BN2/c1-70(2,3)60-48-67-69-68(49-60)74(62-36-22-29-53(45-62)50-23-10-4-11-24-50)66-47-55(52-27-14-6-15-28-52)38-44-64(66)72(69)63-43-37-54(51-25-12-5-13-26-51)46-65(63)73(67)61-41-39-59(40-42-61)71(56-30-16-7-17-31-56,57-32-18-8-19-33-57)58-34-20-9-21-35-58/h4-49H,1-3H3. The van der Waals surface area contributed by atoms with Gasteiger partial charge in [-0.25, -0.2) is 0 Å². The molecular formula is C71H55BN2. The van der Waals surface area contributed by atoms with Gasteiger partial charge in [0.05, 0.1) is 5.41 Å². The quantitative estimate of drug-likeness (QED) is 0.105. The average molecular weight is 947 g/mol. The van der Waals surface area contributed by atoms with Crippen LogP contribution < -0.4 is 26.2 Å². The molecule has 2 heterocycles. The van der Waals surface area contributed by atoms with Gasteiger partial charge in [0, 0.05) is 34.1 Å². The molecule has 2 aliphatic rings. The Balaban J connectivity index is 1.09. The van der Waals surface area contributed by atoms with E-state index in [4.69, 9.17) is 0 Å². The van der Waals surface area contributed by atoms with Crippen LogP contribution in [0.3, 0.4) is 0 Å². The van der Waals surface area contributed by atoms with Crippen LogP contribution in [0.4, 0.5) is 34.1 Å². The molecule has 2 nitrogen and oxygen atoms in total. The Morgan fingerprint density at radius 3 is 1.05 bits per heavy atom. The molecule has 13 rings (SSSR count). The van der Waals surface area contributed by atoms with Crippen molar-refractivity contribution in [2.75, 3.05) is 9.80 Å². The number of benzene rings is 11. The van der Waals surface area contributed by atoms with Gasteiger partial charge in [0.25, 0.3) is 6.71 Å². The van der Waals surface area contributed by atoms with Crippen molar-refractivity contribution in [1.29, 1.82) is 0 Å². The van der Waals surface area contributed by atoms with Crippen molar-refractivity contribution in [2.45, 2.75) is 31.6 Å². The van der Waals surface area contributed by atoms with Crippen LogP contribution in [0.1, 0.15) is 48.6 Å². The second-order valence-corrected chi connectivity index (χ2v) is 20.9. The van der Waals surface area contributed by atoms with Crippen LogP contribution in [0, 0.1) is 0 Å². The van der Waals surface area contributed by atoms with Crippen molar-refractivity contribution in [3.05, 3.63) is 307 Å². The van der Waals surface area contributed by atoms with E-state index in [-0.39, 0.29) is 12.1 Å². The molecule has 3 heteroatoms. The molecular weight excluding hydrogens is 892 g/mol. The van der Waals surface area contributed by atoms with Crippen molar-refractivity contribution < 1.29 is 0 Å². The van der Waals surface area contributed by atoms with Crippen molar-refractivity contribution >= 4 is 57.2 Å². The third-order valence-electron chi connectivity index (χ3n) is 15.5. The van der Waals surface area contributed by atoms with Gasteiger partial charge in [0.1, 0.15) is 0 Å². The van der Waals surface area contributed by atoms with Crippen LogP contribution in [-0.4, -0.2) is 6.71 Å². The Kier molecular flexibility index (Phi) is 11.1. The molecule has 0 radical (unpaired) electrons. The molecule has 0 fully saturated rings. The van der Waals surface area contributed by atoms with Crippen molar-refractivity contribution in [3.63, 3.8) is 0 Å². The lowest BCUT2D eigenvalue weighted by atomic mass is 9.33. The predicted octanol–water partition coefficient (Wildman–Crippen LogP) is 16.5. The Labute approximate surface area is 436 Å². The summed E-state index contributed by atoms with van der Waals surface area (Å²) in [4.78, 5) is 5.14. The SMILES string of the molecule is CC(C)(C)c1cc2c3c(c1)N(c1cccc(-c4ccccc4)c1)c1cc(-c4ccccc4)ccc1B3c1ccc(-c3ccccc3)cc1N2c1ccc(C(c2ccccc2)(c2ccccc2)c2ccccc2)cc1. The summed E-state index contributed by atoms with van der Waals surface area (Å²) in [6.07, 6.45) is 0. The van der Waals surface area contributed by atoms with Gasteiger partial charge in [-0.2, -0.15) is 0 Å². The summed E-state index contributed by atoms with van der Waals surface area (Å²) in [7, 11) is 0. The highest BCUT2D eigenvalue weighted by Crippen LogP contribution is 2.50. The Morgan fingerprint density at radius 1 is 0.270 bits per heavy atom. The number of rotatable bonds is 9. The van der Waals surface area contributed by atoms with E-state index in [0.717, 1.165) is 11.4 Å². The molecule has 0 bridgehead atoms. The maximum Gasteiger partial charge on any atom is 0.252 e. The van der Waals surface area contributed by atoms with Crippen LogP contribution in [0.5, 0.6) is 0 Å². The van der Waals surface area contributed by atoms with Gasteiger partial charge in [-0.3, -0.25) is 0 Å². The first-order chi connectivity index (χ1) is 36.3. The molecule has 0 atom stereocenters. The normalized spacial score (nSPS) is 12.7. The minimum atomic E-state index is -0.573. The fourth-order valence-corrected chi connectivity index (χ4v) is 12.0. The lowest BCUT2D eigenvalue weighted by molar-refractivity contribution is 0.590. The van der Waals surface area contributed by atoms with E-state index >= 15 is 0 Å². The highest BCUT2D eigenvalue weighted by molar-refractivity contribution is 7.00. The monoisotopic (exact) mass is 946 g/mol. The fourth-order valence-electron chi connectivity index (χ4n) is 12.0. The first-order valence-electron chi connectivity index (χ1n) is 25.9.